The number of aliphatic hydroxyl groups excluding tert-OH is 1. The first-order chi connectivity index (χ1) is 14.3. The van der Waals surface area contributed by atoms with E-state index in [9.17, 15) is 14.7 Å². The fraction of sp³-hybridized carbons (Fsp3) is 0.364. The SMILES string of the molecule is COc1ccc(/C(O)=C2/C(=O)C(=O)N(CCN(C)C)C2c2sccc2C)cc1OC. The standard InChI is InChI=1S/C22H26N2O5S/c1-13-8-11-30-21(13)18-17(20(26)22(27)24(18)10-9-23(2)3)19(25)14-6-7-15(28-4)16(12-14)29-5/h6-8,11-12,18,25H,9-10H2,1-5H3/b19-17-. The highest BCUT2D eigenvalue weighted by molar-refractivity contribution is 7.10. The van der Waals surface area contributed by atoms with Crippen molar-refractivity contribution in [1.29, 1.82) is 0 Å². The number of methoxy groups -OCH3 is 2. The Labute approximate surface area is 180 Å². The third kappa shape index (κ3) is 3.93. The number of carbonyl (C=O) groups excluding carboxylic acids is 2. The van der Waals surface area contributed by atoms with Crippen molar-refractivity contribution < 1.29 is 24.2 Å². The van der Waals surface area contributed by atoms with Crippen LogP contribution >= 0.6 is 11.3 Å². The van der Waals surface area contributed by atoms with Crippen molar-refractivity contribution in [2.24, 2.45) is 0 Å². The number of aryl methyl sites for hydroxylation is 1. The Bertz CT molecular complexity index is 995. The Hall–Kier alpha value is -2.84. The average molecular weight is 431 g/mol. The number of rotatable bonds is 7. The van der Waals surface area contributed by atoms with Gasteiger partial charge in [0.05, 0.1) is 25.8 Å². The Morgan fingerprint density at radius 2 is 1.87 bits per heavy atom. The topological polar surface area (TPSA) is 79.3 Å². The van der Waals surface area contributed by atoms with E-state index >= 15 is 0 Å². The molecule has 1 aromatic carbocycles. The largest absolute Gasteiger partial charge is 0.507 e. The number of ketones is 1. The lowest BCUT2D eigenvalue weighted by atomic mass is 9.98. The van der Waals surface area contributed by atoms with Crippen molar-refractivity contribution in [3.63, 3.8) is 0 Å². The quantitative estimate of drug-likeness (QED) is 0.413. The van der Waals surface area contributed by atoms with Crippen molar-refractivity contribution in [3.8, 4) is 11.5 Å². The Balaban J connectivity index is 2.15. The second-order valence-corrected chi connectivity index (χ2v) is 8.28. The van der Waals surface area contributed by atoms with Crippen LogP contribution in [0.5, 0.6) is 11.5 Å². The maximum Gasteiger partial charge on any atom is 0.295 e. The summed E-state index contributed by atoms with van der Waals surface area (Å²) in [7, 11) is 6.83. The summed E-state index contributed by atoms with van der Waals surface area (Å²) >= 11 is 1.47. The van der Waals surface area contributed by atoms with Gasteiger partial charge in [0.25, 0.3) is 11.7 Å². The van der Waals surface area contributed by atoms with Crippen molar-refractivity contribution in [2.75, 3.05) is 41.4 Å². The number of thiophene rings is 1. The Morgan fingerprint density at radius 3 is 2.43 bits per heavy atom. The van der Waals surface area contributed by atoms with Crippen LogP contribution < -0.4 is 9.47 Å². The molecule has 0 radical (unpaired) electrons. The maximum atomic E-state index is 13.0. The molecule has 8 heteroatoms. The van der Waals surface area contributed by atoms with Crippen LogP contribution in [0.2, 0.25) is 0 Å². The van der Waals surface area contributed by atoms with Crippen molar-refractivity contribution in [2.45, 2.75) is 13.0 Å². The molecular formula is C22H26N2O5S. The Morgan fingerprint density at radius 1 is 1.17 bits per heavy atom. The van der Waals surface area contributed by atoms with Crippen LogP contribution in [0.25, 0.3) is 5.76 Å². The van der Waals surface area contributed by atoms with Gasteiger partial charge in [-0.1, -0.05) is 0 Å². The molecule has 1 fully saturated rings. The number of hydrogen-bond donors (Lipinski definition) is 1. The fourth-order valence-corrected chi connectivity index (χ4v) is 4.54. The van der Waals surface area contributed by atoms with Gasteiger partial charge < -0.3 is 24.4 Å². The van der Waals surface area contributed by atoms with E-state index in [1.807, 2.05) is 37.4 Å². The lowest BCUT2D eigenvalue weighted by Gasteiger charge is -2.26. The second kappa shape index (κ2) is 8.89. The van der Waals surface area contributed by atoms with E-state index in [4.69, 9.17) is 9.47 Å². The number of aliphatic hydroxyl groups is 1. The number of amides is 1. The Kier molecular flexibility index (Phi) is 6.48. The van der Waals surface area contributed by atoms with Gasteiger partial charge in [-0.2, -0.15) is 0 Å². The molecule has 1 N–H and O–H groups in total. The molecule has 0 saturated carbocycles. The summed E-state index contributed by atoms with van der Waals surface area (Å²) in [5.74, 6) is -0.576. The number of likely N-dealkylation sites (N-methyl/N-ethyl adjacent to an activating group) is 1. The third-order valence-electron chi connectivity index (χ3n) is 5.14. The van der Waals surface area contributed by atoms with E-state index in [-0.39, 0.29) is 11.3 Å². The predicted octanol–water partition coefficient (Wildman–Crippen LogP) is 3.06. The second-order valence-electron chi connectivity index (χ2n) is 7.33. The number of hydrogen-bond acceptors (Lipinski definition) is 7. The zero-order valence-electron chi connectivity index (χ0n) is 17.8. The number of nitrogens with zero attached hydrogens (tertiary/aromatic N) is 2. The number of Topliss-reactive ketones (excluding diaryl/α,β-unsaturated/α-hetero) is 1. The van der Waals surface area contributed by atoms with Crippen LogP contribution in [-0.4, -0.2) is 68.0 Å². The fourth-order valence-electron chi connectivity index (χ4n) is 3.49. The predicted molar refractivity (Wildman–Crippen MR) is 116 cm³/mol. The summed E-state index contributed by atoms with van der Waals surface area (Å²) in [4.78, 5) is 30.2. The first-order valence-electron chi connectivity index (χ1n) is 9.49. The lowest BCUT2D eigenvalue weighted by Crippen LogP contribution is -2.35. The van der Waals surface area contributed by atoms with Gasteiger partial charge in [-0.05, 0) is 56.2 Å². The van der Waals surface area contributed by atoms with E-state index in [0.29, 0.717) is 30.2 Å². The zero-order valence-corrected chi connectivity index (χ0v) is 18.6. The van der Waals surface area contributed by atoms with Gasteiger partial charge in [0.2, 0.25) is 0 Å². The molecule has 1 unspecified atom stereocenters. The van der Waals surface area contributed by atoms with Gasteiger partial charge in [0, 0.05) is 23.5 Å². The molecule has 2 heterocycles. The molecular weight excluding hydrogens is 404 g/mol. The molecule has 0 spiro atoms. The molecule has 1 aromatic heterocycles. The van der Waals surface area contributed by atoms with Gasteiger partial charge in [-0.25, -0.2) is 0 Å². The van der Waals surface area contributed by atoms with E-state index in [0.717, 1.165) is 10.4 Å². The molecule has 0 aliphatic carbocycles. The maximum absolute atomic E-state index is 13.0. The van der Waals surface area contributed by atoms with Crippen molar-refractivity contribution >= 4 is 28.8 Å². The summed E-state index contributed by atoms with van der Waals surface area (Å²) in [5, 5.41) is 13.0. The molecule has 7 nitrogen and oxygen atoms in total. The minimum Gasteiger partial charge on any atom is -0.507 e. The smallest absolute Gasteiger partial charge is 0.295 e. The van der Waals surface area contributed by atoms with Crippen LogP contribution in [0.4, 0.5) is 0 Å². The van der Waals surface area contributed by atoms with Crippen LogP contribution in [-0.2, 0) is 9.59 Å². The molecule has 1 aliphatic heterocycles. The van der Waals surface area contributed by atoms with Crippen LogP contribution in [0, 0.1) is 6.92 Å². The van der Waals surface area contributed by atoms with E-state index in [1.165, 1.54) is 25.6 Å². The molecule has 3 rings (SSSR count). The highest BCUT2D eigenvalue weighted by atomic mass is 32.1. The summed E-state index contributed by atoms with van der Waals surface area (Å²) in [6.07, 6.45) is 0. The number of carbonyl (C=O) groups is 2. The van der Waals surface area contributed by atoms with Crippen LogP contribution in [0.1, 0.15) is 22.0 Å². The minimum atomic E-state index is -0.682. The van der Waals surface area contributed by atoms with Gasteiger partial charge in [-0.3, -0.25) is 9.59 Å². The van der Waals surface area contributed by atoms with E-state index in [2.05, 4.69) is 0 Å². The third-order valence-corrected chi connectivity index (χ3v) is 6.21. The summed E-state index contributed by atoms with van der Waals surface area (Å²) in [5.41, 5.74) is 1.45. The van der Waals surface area contributed by atoms with Gasteiger partial charge in [0.15, 0.2) is 11.5 Å². The molecule has 1 aliphatic rings. The van der Waals surface area contributed by atoms with Crippen molar-refractivity contribution in [3.05, 3.63) is 51.2 Å². The number of ether oxygens (including phenoxy) is 2. The zero-order chi connectivity index (χ0) is 22.0. The summed E-state index contributed by atoms with van der Waals surface area (Å²) < 4.78 is 10.6. The summed E-state index contributed by atoms with van der Waals surface area (Å²) in [6, 6.07) is 6.21. The average Bonchev–Trinajstić information content (AvgIpc) is 3.26. The van der Waals surface area contributed by atoms with Gasteiger partial charge >= 0.3 is 0 Å². The molecule has 160 valence electrons. The molecule has 1 saturated heterocycles. The first-order valence-corrected chi connectivity index (χ1v) is 10.4. The summed E-state index contributed by atoms with van der Waals surface area (Å²) in [6.45, 7) is 2.92. The molecule has 2 aromatic rings. The first kappa shape index (κ1) is 21.9. The highest BCUT2D eigenvalue weighted by Crippen LogP contribution is 2.43. The molecule has 30 heavy (non-hydrogen) atoms. The van der Waals surface area contributed by atoms with E-state index < -0.39 is 17.7 Å². The number of likely N-dealkylation sites (tertiary alicyclic amines) is 1. The molecule has 1 amide bonds. The molecule has 0 bridgehead atoms. The van der Waals surface area contributed by atoms with Gasteiger partial charge in [-0.15, -0.1) is 11.3 Å². The van der Waals surface area contributed by atoms with E-state index in [1.54, 1.807) is 23.1 Å². The molecule has 1 atom stereocenters. The number of benzene rings is 1. The van der Waals surface area contributed by atoms with Gasteiger partial charge in [0.1, 0.15) is 5.76 Å². The normalized spacial score (nSPS) is 18.3. The highest BCUT2D eigenvalue weighted by Gasteiger charge is 2.46. The monoisotopic (exact) mass is 430 g/mol. The minimum absolute atomic E-state index is 0.0940. The van der Waals surface area contributed by atoms with Crippen molar-refractivity contribution in [1.82, 2.24) is 9.80 Å². The van der Waals surface area contributed by atoms with Crippen LogP contribution in [0.15, 0.2) is 35.2 Å². The van der Waals surface area contributed by atoms with Crippen LogP contribution in [0.3, 0.4) is 0 Å². The lowest BCUT2D eigenvalue weighted by molar-refractivity contribution is -0.140.